The van der Waals surface area contributed by atoms with Crippen molar-refractivity contribution in [2.45, 2.75) is 44.8 Å². The smallest absolute Gasteiger partial charge is 0.315 e. The number of hydrogen-bond acceptors (Lipinski definition) is 5. The van der Waals surface area contributed by atoms with Crippen molar-refractivity contribution in [2.24, 2.45) is 0 Å². The van der Waals surface area contributed by atoms with E-state index in [1.165, 1.54) is 5.56 Å². The zero-order valence-corrected chi connectivity index (χ0v) is 17.0. The molecule has 0 spiro atoms. The van der Waals surface area contributed by atoms with Gasteiger partial charge in [-0.1, -0.05) is 30.3 Å². The molecule has 3 heterocycles. The number of nitrogens with zero attached hydrogens (tertiary/aromatic N) is 4. The van der Waals surface area contributed by atoms with E-state index in [4.69, 9.17) is 4.74 Å². The maximum atomic E-state index is 12.8. The van der Waals surface area contributed by atoms with Crippen LogP contribution in [0.3, 0.4) is 0 Å². The number of aromatic nitrogens is 3. The molecule has 0 radical (unpaired) electrons. The van der Waals surface area contributed by atoms with Crippen molar-refractivity contribution in [1.82, 2.24) is 30.3 Å². The highest BCUT2D eigenvalue weighted by Gasteiger charge is 2.24. The van der Waals surface area contributed by atoms with Crippen molar-refractivity contribution < 1.29 is 9.53 Å². The van der Waals surface area contributed by atoms with Gasteiger partial charge in [0.05, 0.1) is 25.8 Å². The van der Waals surface area contributed by atoms with E-state index in [0.717, 1.165) is 63.8 Å². The van der Waals surface area contributed by atoms with E-state index in [9.17, 15) is 4.79 Å². The van der Waals surface area contributed by atoms with E-state index < -0.39 is 0 Å². The average Bonchev–Trinajstić information content (AvgIpc) is 3.08. The number of amides is 2. The van der Waals surface area contributed by atoms with E-state index >= 15 is 0 Å². The van der Waals surface area contributed by atoms with Crippen molar-refractivity contribution in [2.75, 3.05) is 32.8 Å². The van der Waals surface area contributed by atoms with Crippen LogP contribution in [0, 0.1) is 6.92 Å². The molecule has 156 valence electrons. The summed E-state index contributed by atoms with van der Waals surface area (Å²) in [4.78, 5) is 19.6. The lowest BCUT2D eigenvalue weighted by molar-refractivity contribution is 0.0340. The van der Waals surface area contributed by atoms with Crippen LogP contribution in [0.5, 0.6) is 0 Å². The fraction of sp³-hybridized carbons (Fsp3) is 0.571. The molecule has 1 aromatic carbocycles. The number of nitrogens with one attached hydrogen (secondary N) is 2. The zero-order valence-electron chi connectivity index (χ0n) is 17.0. The summed E-state index contributed by atoms with van der Waals surface area (Å²) in [6.07, 6.45) is 2.54. The maximum Gasteiger partial charge on any atom is 0.315 e. The first-order valence-corrected chi connectivity index (χ1v) is 10.5. The molecule has 2 atom stereocenters. The lowest BCUT2D eigenvalue weighted by Gasteiger charge is -2.31. The number of fused-ring (bicyclic) bond motifs is 1. The highest BCUT2D eigenvalue weighted by molar-refractivity contribution is 5.74. The number of hydrogen-bond donors (Lipinski definition) is 2. The number of rotatable bonds is 6. The second-order valence-electron chi connectivity index (χ2n) is 7.91. The Morgan fingerprint density at radius 3 is 2.86 bits per heavy atom. The molecular weight excluding hydrogens is 368 g/mol. The van der Waals surface area contributed by atoms with Crippen molar-refractivity contribution in [3.05, 3.63) is 47.5 Å². The van der Waals surface area contributed by atoms with Gasteiger partial charge < -0.3 is 15.4 Å². The minimum absolute atomic E-state index is 0.0447. The first-order valence-electron chi connectivity index (χ1n) is 10.5. The number of carbonyl (C=O) groups excluding carboxylic acids is 1. The highest BCUT2D eigenvalue weighted by Crippen LogP contribution is 2.13. The van der Waals surface area contributed by atoms with E-state index in [2.05, 4.69) is 37.7 Å². The Morgan fingerprint density at radius 1 is 1.28 bits per heavy atom. The largest absolute Gasteiger partial charge is 0.379 e. The molecule has 2 amide bonds. The predicted molar refractivity (Wildman–Crippen MR) is 110 cm³/mol. The van der Waals surface area contributed by atoms with Crippen LogP contribution in [0.25, 0.3) is 0 Å². The molecule has 8 heteroatoms. The average molecular weight is 399 g/mol. The first-order chi connectivity index (χ1) is 14.2. The van der Waals surface area contributed by atoms with Gasteiger partial charge in [0.2, 0.25) is 0 Å². The summed E-state index contributed by atoms with van der Waals surface area (Å²) < 4.78 is 7.37. The van der Waals surface area contributed by atoms with E-state index in [1.54, 1.807) is 0 Å². The van der Waals surface area contributed by atoms with Gasteiger partial charge in [-0.15, -0.1) is 0 Å². The highest BCUT2D eigenvalue weighted by atomic mass is 16.5. The summed E-state index contributed by atoms with van der Waals surface area (Å²) >= 11 is 0. The van der Waals surface area contributed by atoms with Crippen molar-refractivity contribution in [3.8, 4) is 0 Å². The summed E-state index contributed by atoms with van der Waals surface area (Å²) in [5.41, 5.74) is 1.23. The Hall–Kier alpha value is -2.45. The lowest BCUT2D eigenvalue weighted by atomic mass is 10.1. The molecule has 0 aliphatic carbocycles. The Labute approximate surface area is 171 Å². The van der Waals surface area contributed by atoms with Gasteiger partial charge in [0.1, 0.15) is 11.6 Å². The molecule has 29 heavy (non-hydrogen) atoms. The van der Waals surface area contributed by atoms with E-state index in [-0.39, 0.29) is 18.1 Å². The monoisotopic (exact) mass is 398 g/mol. The molecule has 2 aromatic rings. The van der Waals surface area contributed by atoms with Gasteiger partial charge in [-0.3, -0.25) is 4.90 Å². The van der Waals surface area contributed by atoms with Gasteiger partial charge >= 0.3 is 6.03 Å². The fourth-order valence-electron chi connectivity index (χ4n) is 4.12. The summed E-state index contributed by atoms with van der Waals surface area (Å²) in [7, 11) is 0. The minimum atomic E-state index is -0.107. The topological polar surface area (TPSA) is 84.3 Å². The number of urea groups is 1. The third kappa shape index (κ3) is 5.55. The standard InChI is InChI=1S/C21H30N6O2/c1-16-22-20-8-7-18(15-27(20)25-16)23-21(28)24-19(13-17-5-3-2-4-6-17)14-26-9-11-29-12-10-26/h2-6,18-19H,7-15H2,1H3,(H2,23,24,28). The van der Waals surface area contributed by atoms with Crippen LogP contribution in [-0.2, 0) is 24.1 Å². The number of carbonyl (C=O) groups is 1. The van der Waals surface area contributed by atoms with Gasteiger partial charge in [0.25, 0.3) is 0 Å². The number of morpholine rings is 1. The molecule has 2 unspecified atom stereocenters. The van der Waals surface area contributed by atoms with Crippen LogP contribution < -0.4 is 10.6 Å². The van der Waals surface area contributed by atoms with Gasteiger partial charge in [-0.2, -0.15) is 5.10 Å². The summed E-state index contributed by atoms with van der Waals surface area (Å²) in [5, 5.41) is 10.8. The predicted octanol–water partition coefficient (Wildman–Crippen LogP) is 1.14. The molecule has 0 saturated carbocycles. The SMILES string of the molecule is Cc1nc2n(n1)CC(NC(=O)NC(Cc1ccccc1)CN1CCOCC1)CC2. The van der Waals surface area contributed by atoms with E-state index in [0.29, 0.717) is 6.54 Å². The van der Waals surface area contributed by atoms with Crippen LogP contribution in [0.4, 0.5) is 4.79 Å². The molecule has 2 aliphatic rings. The van der Waals surface area contributed by atoms with Gasteiger partial charge in [-0.05, 0) is 25.3 Å². The molecular formula is C21H30N6O2. The zero-order chi connectivity index (χ0) is 20.1. The Balaban J connectivity index is 1.34. The Bertz CT molecular complexity index is 803. The van der Waals surface area contributed by atoms with Gasteiger partial charge in [0.15, 0.2) is 0 Å². The summed E-state index contributed by atoms with van der Waals surface area (Å²) in [6, 6.07) is 10.3. The molecule has 8 nitrogen and oxygen atoms in total. The van der Waals surface area contributed by atoms with Gasteiger partial charge in [-0.25, -0.2) is 14.5 Å². The van der Waals surface area contributed by atoms with Crippen LogP contribution >= 0.6 is 0 Å². The van der Waals surface area contributed by atoms with Crippen molar-refractivity contribution >= 4 is 6.03 Å². The molecule has 1 aromatic heterocycles. The molecule has 1 saturated heterocycles. The minimum Gasteiger partial charge on any atom is -0.379 e. The third-order valence-corrected chi connectivity index (χ3v) is 5.54. The van der Waals surface area contributed by atoms with Crippen LogP contribution in [0.15, 0.2) is 30.3 Å². The normalized spacial score (nSPS) is 20.7. The van der Waals surface area contributed by atoms with Crippen molar-refractivity contribution in [1.29, 1.82) is 0 Å². The summed E-state index contributed by atoms with van der Waals surface area (Å²) in [5.74, 6) is 1.80. The van der Waals surface area contributed by atoms with Crippen LogP contribution in [0.2, 0.25) is 0 Å². The Morgan fingerprint density at radius 2 is 2.07 bits per heavy atom. The lowest BCUT2D eigenvalue weighted by Crippen LogP contribution is -2.53. The second kappa shape index (κ2) is 9.37. The van der Waals surface area contributed by atoms with Crippen molar-refractivity contribution in [3.63, 3.8) is 0 Å². The molecule has 2 N–H and O–H groups in total. The summed E-state index contributed by atoms with van der Waals surface area (Å²) in [6.45, 7) is 6.73. The molecule has 4 rings (SSSR count). The fourth-order valence-corrected chi connectivity index (χ4v) is 4.12. The van der Waals surface area contributed by atoms with E-state index in [1.807, 2.05) is 29.8 Å². The quantitative estimate of drug-likeness (QED) is 0.763. The van der Waals surface area contributed by atoms with Gasteiger partial charge in [0, 0.05) is 32.1 Å². The number of ether oxygens (including phenoxy) is 1. The second-order valence-corrected chi connectivity index (χ2v) is 7.91. The molecule has 2 aliphatic heterocycles. The number of aryl methyl sites for hydroxylation is 2. The van der Waals surface area contributed by atoms with Crippen LogP contribution in [0.1, 0.15) is 23.6 Å². The number of benzene rings is 1. The molecule has 1 fully saturated rings. The van der Waals surface area contributed by atoms with Crippen LogP contribution in [-0.4, -0.2) is 70.6 Å². The molecule has 0 bridgehead atoms. The third-order valence-electron chi connectivity index (χ3n) is 5.54. The Kier molecular flexibility index (Phi) is 6.41. The maximum absolute atomic E-state index is 12.8. The first kappa shape index (κ1) is 19.8.